The minimum absolute atomic E-state index is 0.0147. The zero-order chi connectivity index (χ0) is 35.4. The number of likely N-dealkylation sites (N-methyl/N-ethyl adjacent to an activating group) is 1. The molecule has 2 aromatic heterocycles. The first-order valence-electron chi connectivity index (χ1n) is 16.4. The highest BCUT2D eigenvalue weighted by molar-refractivity contribution is 7.16. The van der Waals surface area contributed by atoms with Crippen LogP contribution in [0.15, 0.2) is 73.1 Å². The summed E-state index contributed by atoms with van der Waals surface area (Å²) in [6.45, 7) is 2.90. The molecule has 10 nitrogen and oxygen atoms in total. The van der Waals surface area contributed by atoms with Gasteiger partial charge in [0.15, 0.2) is 29.9 Å². The first-order chi connectivity index (χ1) is 24.1. The number of rotatable bonds is 13. The Morgan fingerprint density at radius 2 is 1.68 bits per heavy atom. The SMILES string of the molecule is COc1ccc([C@H](Cc2c(Cl)c[n+]([O-])cc2Cl)OC(=O)Cc2ccc(N(C)C(C(=O)O[C@H]3CN4CCC3CC4)c3ccccc3)s2)cc1OC. The molecule has 2 bridgehead atoms. The zero-order valence-corrected chi connectivity index (χ0v) is 30.4. The van der Waals surface area contributed by atoms with Gasteiger partial charge < -0.3 is 29.1 Å². The fourth-order valence-corrected chi connectivity index (χ4v) is 8.30. The molecule has 7 rings (SSSR count). The number of aromatic nitrogens is 1. The third-order valence-corrected chi connectivity index (χ3v) is 11.2. The number of benzene rings is 2. The Hall–Kier alpha value is -4.03. The summed E-state index contributed by atoms with van der Waals surface area (Å²) in [5, 5.41) is 13.0. The fourth-order valence-electron chi connectivity index (χ4n) is 6.72. The molecule has 0 radical (unpaired) electrons. The number of ether oxygens (including phenoxy) is 4. The van der Waals surface area contributed by atoms with Gasteiger partial charge in [-0.05, 0) is 67.2 Å². The van der Waals surface area contributed by atoms with Crippen LogP contribution < -0.4 is 19.1 Å². The molecule has 50 heavy (non-hydrogen) atoms. The Morgan fingerprint density at radius 1 is 0.980 bits per heavy atom. The van der Waals surface area contributed by atoms with E-state index in [2.05, 4.69) is 4.90 Å². The number of fused-ring (bicyclic) bond motifs is 3. The summed E-state index contributed by atoms with van der Waals surface area (Å²) in [5.41, 5.74) is 1.92. The van der Waals surface area contributed by atoms with Gasteiger partial charge in [-0.15, -0.1) is 11.3 Å². The molecule has 0 N–H and O–H groups in total. The van der Waals surface area contributed by atoms with Gasteiger partial charge >= 0.3 is 11.9 Å². The number of hydrogen-bond acceptors (Lipinski definition) is 10. The van der Waals surface area contributed by atoms with Crippen LogP contribution in [-0.2, 0) is 31.9 Å². The van der Waals surface area contributed by atoms with Crippen LogP contribution >= 0.6 is 34.5 Å². The van der Waals surface area contributed by atoms with Gasteiger partial charge in [0.1, 0.15) is 22.3 Å². The molecule has 2 aromatic carbocycles. The van der Waals surface area contributed by atoms with Crippen LogP contribution in [0.1, 0.15) is 46.6 Å². The van der Waals surface area contributed by atoms with Crippen molar-refractivity contribution in [1.29, 1.82) is 0 Å². The average Bonchev–Trinajstić information content (AvgIpc) is 3.58. The largest absolute Gasteiger partial charge is 0.619 e. The molecule has 4 aromatic rings. The second-order valence-electron chi connectivity index (χ2n) is 12.5. The van der Waals surface area contributed by atoms with Crippen molar-refractivity contribution in [3.63, 3.8) is 0 Å². The lowest BCUT2D eigenvalue weighted by molar-refractivity contribution is -0.605. The Labute approximate surface area is 305 Å². The van der Waals surface area contributed by atoms with E-state index < -0.39 is 18.1 Å². The summed E-state index contributed by atoms with van der Waals surface area (Å²) in [7, 11) is 4.92. The number of thiophene rings is 1. The van der Waals surface area contributed by atoms with Crippen LogP contribution in [0.25, 0.3) is 0 Å². The van der Waals surface area contributed by atoms with Crippen molar-refractivity contribution >= 4 is 51.5 Å². The molecule has 264 valence electrons. The van der Waals surface area contributed by atoms with Gasteiger partial charge in [0.2, 0.25) is 0 Å². The smallest absolute Gasteiger partial charge is 0.333 e. The maximum absolute atomic E-state index is 13.8. The third kappa shape index (κ3) is 8.12. The number of piperidine rings is 3. The lowest BCUT2D eigenvalue weighted by atomic mass is 9.86. The zero-order valence-electron chi connectivity index (χ0n) is 28.1. The average molecular weight is 741 g/mol. The fraction of sp³-hybridized carbons (Fsp3) is 0.378. The summed E-state index contributed by atoms with van der Waals surface area (Å²) >= 11 is 14.2. The number of hydrogen-bond donors (Lipinski definition) is 0. The summed E-state index contributed by atoms with van der Waals surface area (Å²) in [6.07, 6.45) is 3.67. The number of carbonyl (C=O) groups excluding carboxylic acids is 2. The molecule has 3 atom stereocenters. The number of pyridine rings is 1. The topological polar surface area (TPSA) is 104 Å². The molecular formula is C37H39Cl2N3O7S. The van der Waals surface area contributed by atoms with Crippen molar-refractivity contribution < 1.29 is 33.3 Å². The van der Waals surface area contributed by atoms with Crippen LogP contribution in [-0.4, -0.2) is 63.8 Å². The molecule has 0 spiro atoms. The summed E-state index contributed by atoms with van der Waals surface area (Å²) in [5.74, 6) is 0.597. The quantitative estimate of drug-likeness (QED) is 0.0854. The van der Waals surface area contributed by atoms with Crippen LogP contribution in [0.5, 0.6) is 11.5 Å². The predicted octanol–water partition coefficient (Wildman–Crippen LogP) is 6.59. The maximum atomic E-state index is 13.8. The van der Waals surface area contributed by atoms with E-state index in [9.17, 15) is 14.8 Å². The van der Waals surface area contributed by atoms with Gasteiger partial charge in [0, 0.05) is 30.5 Å². The molecule has 0 aliphatic carbocycles. The molecule has 5 heterocycles. The standard InChI is InChI=1S/C37H39Cl2N3O7S/c1-40(36(24-7-5-4-6-8-24)37(44)49-33-22-41-15-13-23(33)14-16-41)34-12-10-26(50-34)18-35(43)48-31(19-27-28(38)20-42(45)21-29(27)39)25-9-11-30(46-2)32(17-25)47-3/h4-12,17,20-21,23,31,33,36H,13-16,18-19,22H2,1-3H3/t31-,33-,36?/m0/s1. The molecule has 3 saturated heterocycles. The highest BCUT2D eigenvalue weighted by Gasteiger charge is 2.39. The van der Waals surface area contributed by atoms with E-state index in [1.165, 1.54) is 38.0 Å². The normalized spacial score (nSPS) is 19.3. The molecule has 3 aliphatic rings. The molecule has 0 saturated carbocycles. The Morgan fingerprint density at radius 3 is 2.32 bits per heavy atom. The molecular weight excluding hydrogens is 701 g/mol. The van der Waals surface area contributed by atoms with Gasteiger partial charge in [-0.25, -0.2) is 4.79 Å². The van der Waals surface area contributed by atoms with E-state index in [4.69, 9.17) is 42.1 Å². The predicted molar refractivity (Wildman–Crippen MR) is 192 cm³/mol. The van der Waals surface area contributed by atoms with Crippen LogP contribution in [0.3, 0.4) is 0 Å². The van der Waals surface area contributed by atoms with Crippen molar-refractivity contribution in [3.8, 4) is 11.5 Å². The van der Waals surface area contributed by atoms with Crippen molar-refractivity contribution in [1.82, 2.24) is 4.90 Å². The van der Waals surface area contributed by atoms with Gasteiger partial charge in [-0.1, -0.05) is 59.6 Å². The Bertz CT molecular complexity index is 1790. The Balaban J connectivity index is 1.20. The van der Waals surface area contributed by atoms with E-state index in [-0.39, 0.29) is 35.0 Å². The monoisotopic (exact) mass is 739 g/mol. The molecule has 0 amide bonds. The highest BCUT2D eigenvalue weighted by Crippen LogP contribution is 2.38. The van der Waals surface area contributed by atoms with E-state index in [0.29, 0.717) is 33.3 Å². The second-order valence-corrected chi connectivity index (χ2v) is 14.5. The summed E-state index contributed by atoms with van der Waals surface area (Å²) in [4.78, 5) is 32.4. The number of carbonyl (C=O) groups is 2. The number of nitrogens with zero attached hydrogens (tertiary/aromatic N) is 3. The van der Waals surface area contributed by atoms with E-state index in [1.54, 1.807) is 18.2 Å². The van der Waals surface area contributed by atoms with Crippen LogP contribution in [0, 0.1) is 11.1 Å². The van der Waals surface area contributed by atoms with Gasteiger partial charge in [0.05, 0.1) is 25.6 Å². The number of esters is 2. The number of methoxy groups -OCH3 is 2. The lowest BCUT2D eigenvalue weighted by Gasteiger charge is -2.44. The van der Waals surface area contributed by atoms with Crippen LogP contribution in [0.4, 0.5) is 5.00 Å². The van der Waals surface area contributed by atoms with Crippen molar-refractivity contribution in [2.75, 3.05) is 45.8 Å². The minimum Gasteiger partial charge on any atom is -0.619 e. The molecule has 1 unspecified atom stereocenters. The van der Waals surface area contributed by atoms with Crippen LogP contribution in [0.2, 0.25) is 10.0 Å². The van der Waals surface area contributed by atoms with Crippen molar-refractivity contribution in [2.24, 2.45) is 5.92 Å². The molecule has 3 fully saturated rings. The van der Waals surface area contributed by atoms with E-state index in [0.717, 1.165) is 47.9 Å². The minimum atomic E-state index is -0.814. The maximum Gasteiger partial charge on any atom is 0.333 e. The third-order valence-electron chi connectivity index (χ3n) is 9.40. The first kappa shape index (κ1) is 35.8. The first-order valence-corrected chi connectivity index (χ1v) is 18.0. The van der Waals surface area contributed by atoms with E-state index >= 15 is 0 Å². The van der Waals surface area contributed by atoms with Gasteiger partial charge in [-0.3, -0.25) is 9.69 Å². The number of anilines is 1. The second kappa shape index (κ2) is 15.9. The Kier molecular flexibility index (Phi) is 11.4. The van der Waals surface area contributed by atoms with Gasteiger partial charge in [0.25, 0.3) is 0 Å². The molecule has 13 heteroatoms. The van der Waals surface area contributed by atoms with Crippen molar-refractivity contribution in [3.05, 3.63) is 110 Å². The van der Waals surface area contributed by atoms with E-state index in [1.807, 2.05) is 54.4 Å². The van der Waals surface area contributed by atoms with Gasteiger partial charge in [-0.2, -0.15) is 4.73 Å². The molecule has 3 aliphatic heterocycles. The summed E-state index contributed by atoms with van der Waals surface area (Å²) in [6, 6.07) is 17.9. The summed E-state index contributed by atoms with van der Waals surface area (Å²) < 4.78 is 23.7. The number of halogens is 2. The van der Waals surface area contributed by atoms with Crippen molar-refractivity contribution in [2.45, 2.75) is 43.9 Å². The highest BCUT2D eigenvalue weighted by atomic mass is 35.5. The lowest BCUT2D eigenvalue weighted by Crippen LogP contribution is -2.52.